The summed E-state index contributed by atoms with van der Waals surface area (Å²) < 4.78 is 27.0. The van der Waals surface area contributed by atoms with Gasteiger partial charge in [-0.25, -0.2) is 14.0 Å². The van der Waals surface area contributed by atoms with Crippen LogP contribution < -0.4 is 0 Å². The van der Waals surface area contributed by atoms with Crippen LogP contribution >= 0.6 is 11.3 Å². The van der Waals surface area contributed by atoms with E-state index in [2.05, 4.69) is 24.0 Å². The van der Waals surface area contributed by atoms with Gasteiger partial charge in [-0.05, 0) is 73.1 Å². The molecule has 0 amide bonds. The summed E-state index contributed by atoms with van der Waals surface area (Å²) in [5.74, 6) is 0.589. The molecule has 6 nitrogen and oxygen atoms in total. The van der Waals surface area contributed by atoms with Crippen molar-refractivity contribution in [1.29, 1.82) is 4.78 Å². The Labute approximate surface area is 199 Å². The van der Waals surface area contributed by atoms with E-state index >= 15 is 0 Å². The quantitative estimate of drug-likeness (QED) is 0.578. The first kappa shape index (κ1) is 23.1. The highest BCUT2D eigenvalue weighted by Crippen LogP contribution is 2.42. The van der Waals surface area contributed by atoms with E-state index in [0.717, 1.165) is 41.0 Å². The van der Waals surface area contributed by atoms with Gasteiger partial charge in [0.25, 0.3) is 0 Å². The second-order valence-corrected chi connectivity index (χ2v) is 13.5. The lowest BCUT2D eigenvalue weighted by Gasteiger charge is -2.35. The molecule has 2 aromatic rings. The zero-order chi connectivity index (χ0) is 23.4. The molecule has 5 rings (SSSR count). The smallest absolute Gasteiger partial charge is 0.190 e. The van der Waals surface area contributed by atoms with Crippen molar-refractivity contribution in [2.24, 2.45) is 5.92 Å². The van der Waals surface area contributed by atoms with Crippen molar-refractivity contribution in [1.82, 2.24) is 4.98 Å². The molecule has 8 heteroatoms. The molecule has 2 N–H and O–H groups in total. The second-order valence-electron chi connectivity index (χ2n) is 10.0. The summed E-state index contributed by atoms with van der Waals surface area (Å²) in [6.45, 7) is 4.37. The van der Waals surface area contributed by atoms with Gasteiger partial charge in [-0.1, -0.05) is 25.5 Å². The highest BCUT2D eigenvalue weighted by Gasteiger charge is 2.42. The number of thiazole rings is 1. The van der Waals surface area contributed by atoms with Crippen LogP contribution in [0.4, 0.5) is 0 Å². The molecule has 2 fully saturated rings. The van der Waals surface area contributed by atoms with Gasteiger partial charge >= 0.3 is 0 Å². The Bertz CT molecular complexity index is 1190. The van der Waals surface area contributed by atoms with Gasteiger partial charge in [0.1, 0.15) is 9.73 Å². The van der Waals surface area contributed by atoms with Crippen molar-refractivity contribution in [2.75, 3.05) is 19.0 Å². The largest absolute Gasteiger partial charge is 0.379 e. The summed E-state index contributed by atoms with van der Waals surface area (Å²) >= 11 is 1.15. The Morgan fingerprint density at radius 2 is 2.09 bits per heavy atom. The van der Waals surface area contributed by atoms with Gasteiger partial charge in [-0.15, -0.1) is 11.3 Å². The van der Waals surface area contributed by atoms with Crippen LogP contribution in [0.25, 0.3) is 0 Å². The van der Waals surface area contributed by atoms with Gasteiger partial charge in [0.2, 0.25) is 0 Å². The lowest BCUT2D eigenvalue weighted by Crippen LogP contribution is -2.47. The predicted molar refractivity (Wildman–Crippen MR) is 128 cm³/mol. The fourth-order valence-electron chi connectivity index (χ4n) is 5.50. The minimum Gasteiger partial charge on any atom is -0.379 e. The van der Waals surface area contributed by atoms with Crippen molar-refractivity contribution < 1.29 is 18.8 Å². The number of nitrogens with zero attached hydrogens (tertiary/aromatic N) is 1. The Kier molecular flexibility index (Phi) is 6.00. The van der Waals surface area contributed by atoms with Gasteiger partial charge in [-0.2, -0.15) is 0 Å². The maximum atomic E-state index is 13.3. The van der Waals surface area contributed by atoms with E-state index in [1.54, 1.807) is 6.92 Å². The molecule has 0 radical (unpaired) electrons. The fourth-order valence-corrected chi connectivity index (χ4v) is 8.24. The van der Waals surface area contributed by atoms with E-state index in [1.165, 1.54) is 36.0 Å². The Hall–Kier alpha value is -1.61. The summed E-state index contributed by atoms with van der Waals surface area (Å²) in [7, 11) is -3.38. The number of fused-ring (bicyclic) bond motifs is 1. The number of ether oxygens (including phenoxy) is 1. The number of benzene rings is 1. The number of hydrogen-bond donors (Lipinski definition) is 2. The molecular weight excluding hydrogens is 456 g/mol. The number of nitrogens with one attached hydrogen (secondary N) is 1. The van der Waals surface area contributed by atoms with Crippen LogP contribution in [-0.4, -0.2) is 39.0 Å². The van der Waals surface area contributed by atoms with E-state index < -0.39 is 15.3 Å². The fraction of sp³-hybridized carbons (Fsp3) is 0.600. The lowest BCUT2D eigenvalue weighted by atomic mass is 9.72. The second kappa shape index (κ2) is 8.56. The van der Waals surface area contributed by atoms with Gasteiger partial charge in [0, 0.05) is 11.3 Å². The van der Waals surface area contributed by atoms with Crippen molar-refractivity contribution in [2.45, 2.75) is 74.7 Å². The van der Waals surface area contributed by atoms with Gasteiger partial charge in [0.05, 0.1) is 24.7 Å². The number of aliphatic hydroxyl groups is 1. The van der Waals surface area contributed by atoms with E-state index in [-0.39, 0.29) is 35.5 Å². The van der Waals surface area contributed by atoms with Crippen LogP contribution in [0.1, 0.15) is 71.3 Å². The first-order valence-corrected chi connectivity index (χ1v) is 14.4. The monoisotopic (exact) mass is 488 g/mol. The average Bonchev–Trinajstić information content (AvgIpc) is 3.31. The Morgan fingerprint density at radius 1 is 1.33 bits per heavy atom. The summed E-state index contributed by atoms with van der Waals surface area (Å²) in [6, 6.07) is 4.45. The van der Waals surface area contributed by atoms with Gasteiger partial charge < -0.3 is 9.84 Å². The third-order valence-electron chi connectivity index (χ3n) is 7.70. The van der Waals surface area contributed by atoms with E-state index in [1.807, 2.05) is 0 Å². The molecule has 1 unspecified atom stereocenters. The highest BCUT2D eigenvalue weighted by atomic mass is 32.2. The maximum Gasteiger partial charge on any atom is 0.190 e. The average molecular weight is 489 g/mol. The number of ketones is 1. The minimum absolute atomic E-state index is 0.130. The standard InChI is InChI=1S/C25H32N2O4S2/c1-15(17-5-3-6-17)20-10-9-18-7-4-8-21(18)22(20)11-19(28)12-33(26,30)24-27-23(16(2)32-24)25(29)13-31-14-25/h9-10,15,17,26,29H,3-8,11-14H2,1-2H3/t15-,33?/m1/s1. The van der Waals surface area contributed by atoms with Crippen LogP contribution in [0.2, 0.25) is 0 Å². The lowest BCUT2D eigenvalue weighted by molar-refractivity contribution is -0.187. The first-order valence-electron chi connectivity index (χ1n) is 11.9. The maximum absolute atomic E-state index is 13.3. The molecule has 1 aliphatic heterocycles. The Morgan fingerprint density at radius 3 is 2.73 bits per heavy atom. The Balaban J connectivity index is 1.38. The molecule has 1 saturated heterocycles. The first-order chi connectivity index (χ1) is 15.7. The van der Waals surface area contributed by atoms with E-state index in [0.29, 0.717) is 17.5 Å². The predicted octanol–water partition coefficient (Wildman–Crippen LogP) is 4.28. The summed E-state index contributed by atoms with van der Waals surface area (Å²) in [5, 5.41) is 10.6. The van der Waals surface area contributed by atoms with Crippen LogP contribution in [-0.2, 0) is 44.1 Å². The van der Waals surface area contributed by atoms with Crippen molar-refractivity contribution in [3.05, 3.63) is 45.0 Å². The van der Waals surface area contributed by atoms with Crippen LogP contribution in [0.15, 0.2) is 16.5 Å². The van der Waals surface area contributed by atoms with Crippen molar-refractivity contribution in [3.8, 4) is 0 Å². The number of carbonyl (C=O) groups is 1. The third kappa shape index (κ3) is 4.20. The molecule has 33 heavy (non-hydrogen) atoms. The summed E-state index contributed by atoms with van der Waals surface area (Å²) in [6.07, 6.45) is 7.17. The molecule has 1 aromatic carbocycles. The zero-order valence-electron chi connectivity index (χ0n) is 19.3. The molecule has 0 spiro atoms. The number of Topliss-reactive ketones (excluding diaryl/α,β-unsaturated/α-hetero) is 1. The summed E-state index contributed by atoms with van der Waals surface area (Å²) in [4.78, 5) is 18.3. The molecule has 1 saturated carbocycles. The molecule has 2 atom stereocenters. The molecule has 178 valence electrons. The molecule has 3 aliphatic rings. The van der Waals surface area contributed by atoms with Crippen LogP contribution in [0, 0.1) is 17.6 Å². The topological polar surface area (TPSA) is 100 Å². The van der Waals surface area contributed by atoms with Crippen molar-refractivity contribution >= 4 is 26.8 Å². The third-order valence-corrected chi connectivity index (χ3v) is 10.9. The number of rotatable bonds is 8. The van der Waals surface area contributed by atoms with Gasteiger partial charge in [-0.3, -0.25) is 4.79 Å². The summed E-state index contributed by atoms with van der Waals surface area (Å²) in [5.41, 5.74) is 4.30. The molecular formula is C25H32N2O4S2. The zero-order valence-corrected chi connectivity index (χ0v) is 20.9. The minimum atomic E-state index is -3.38. The van der Waals surface area contributed by atoms with Crippen LogP contribution in [0.5, 0.6) is 0 Å². The number of aryl methyl sites for hydroxylation is 2. The number of carbonyl (C=O) groups excluding carboxylic acids is 1. The van der Waals surface area contributed by atoms with Crippen LogP contribution in [0.3, 0.4) is 0 Å². The van der Waals surface area contributed by atoms with E-state index in [4.69, 9.17) is 9.52 Å². The molecule has 0 bridgehead atoms. The highest BCUT2D eigenvalue weighted by molar-refractivity contribution is 7.95. The molecule has 2 aliphatic carbocycles. The van der Waals surface area contributed by atoms with Crippen molar-refractivity contribution in [3.63, 3.8) is 0 Å². The normalized spacial score (nSPS) is 22.2. The van der Waals surface area contributed by atoms with Gasteiger partial charge in [0.15, 0.2) is 15.7 Å². The number of aromatic nitrogens is 1. The number of hydrogen-bond acceptors (Lipinski definition) is 7. The molecule has 1 aromatic heterocycles. The van der Waals surface area contributed by atoms with E-state index in [9.17, 15) is 14.1 Å². The molecule has 2 heterocycles. The SMILES string of the molecule is Cc1sc(S(=N)(=O)CC(=O)Cc2c([C@H](C)C3CCC3)ccc3c2CCC3)nc1C1(O)COC1.